The largest absolute Gasteiger partial charge is 0.486 e. The first-order valence-electron chi connectivity index (χ1n) is 9.32. The number of guanidine groups is 1. The average Bonchev–Trinajstić information content (AvgIpc) is 2.69. The number of fused-ring (bicyclic) bond motifs is 1. The van der Waals surface area contributed by atoms with Crippen molar-refractivity contribution in [3.63, 3.8) is 0 Å². The minimum atomic E-state index is -0.128. The third-order valence-electron chi connectivity index (χ3n) is 4.66. The molecular weight excluding hydrogens is 497 g/mol. The summed E-state index contributed by atoms with van der Waals surface area (Å²) in [5, 5.41) is 3.89. The second kappa shape index (κ2) is 10.9. The van der Waals surface area contributed by atoms with Crippen LogP contribution in [-0.2, 0) is 16.1 Å². The summed E-state index contributed by atoms with van der Waals surface area (Å²) in [7, 11) is 1.74. The van der Waals surface area contributed by atoms with Crippen LogP contribution in [0.15, 0.2) is 17.1 Å². The summed E-state index contributed by atoms with van der Waals surface area (Å²) < 4.78 is 16.4. The van der Waals surface area contributed by atoms with Gasteiger partial charge in [0.2, 0.25) is 0 Å². The number of rotatable bonds is 4. The number of esters is 1. The molecule has 1 fully saturated rings. The lowest BCUT2D eigenvalue weighted by Crippen LogP contribution is -2.48. The molecule has 1 unspecified atom stereocenters. The third-order valence-corrected chi connectivity index (χ3v) is 4.94. The van der Waals surface area contributed by atoms with Crippen molar-refractivity contribution < 1.29 is 19.0 Å². The molecule has 0 aliphatic carbocycles. The predicted octanol–water partition coefficient (Wildman–Crippen LogP) is 3.08. The van der Waals surface area contributed by atoms with Gasteiger partial charge in [-0.15, -0.1) is 24.0 Å². The summed E-state index contributed by atoms with van der Waals surface area (Å²) >= 11 is 6.30. The van der Waals surface area contributed by atoms with Crippen molar-refractivity contribution in [3.05, 3.63) is 22.7 Å². The highest BCUT2D eigenvalue weighted by molar-refractivity contribution is 14.0. The van der Waals surface area contributed by atoms with Gasteiger partial charge in [-0.05, 0) is 37.5 Å². The van der Waals surface area contributed by atoms with Gasteiger partial charge < -0.3 is 24.4 Å². The maximum absolute atomic E-state index is 12.1. The van der Waals surface area contributed by atoms with Gasteiger partial charge in [-0.3, -0.25) is 9.79 Å². The first-order valence-corrected chi connectivity index (χ1v) is 9.70. The van der Waals surface area contributed by atoms with Crippen LogP contribution < -0.4 is 14.8 Å². The van der Waals surface area contributed by atoms with Gasteiger partial charge in [0, 0.05) is 26.7 Å². The minimum absolute atomic E-state index is 0. The number of carbonyl (C=O) groups excluding carboxylic acids is 1. The molecule has 3 rings (SSSR count). The van der Waals surface area contributed by atoms with Crippen molar-refractivity contribution >= 4 is 47.5 Å². The monoisotopic (exact) mass is 523 g/mol. The van der Waals surface area contributed by atoms with Crippen molar-refractivity contribution in [3.8, 4) is 11.5 Å². The zero-order valence-corrected chi connectivity index (χ0v) is 19.3. The molecule has 156 valence electrons. The lowest BCUT2D eigenvalue weighted by molar-refractivity contribution is -0.149. The van der Waals surface area contributed by atoms with Crippen molar-refractivity contribution in [1.82, 2.24) is 10.2 Å². The van der Waals surface area contributed by atoms with Crippen molar-refractivity contribution in [2.45, 2.75) is 26.3 Å². The molecule has 0 saturated carbocycles. The fourth-order valence-electron chi connectivity index (χ4n) is 3.40. The molecule has 2 heterocycles. The Morgan fingerprint density at radius 2 is 2.18 bits per heavy atom. The zero-order chi connectivity index (χ0) is 19.2. The van der Waals surface area contributed by atoms with Gasteiger partial charge in [-0.2, -0.15) is 0 Å². The van der Waals surface area contributed by atoms with E-state index < -0.39 is 0 Å². The standard InChI is InChI=1S/C19H26ClN3O4.HI/c1-3-25-18(24)14-5-4-6-23(12-14)19(21-2)22-11-13-9-15(20)17-16(10-13)26-7-8-27-17;/h9-10,14H,3-8,11-12H2,1-2H3,(H,21,22);1H. The van der Waals surface area contributed by atoms with E-state index in [1.165, 1.54) is 0 Å². The number of ether oxygens (including phenoxy) is 3. The first-order chi connectivity index (χ1) is 13.1. The number of aliphatic imine (C=N–C) groups is 1. The quantitative estimate of drug-likeness (QED) is 0.283. The van der Waals surface area contributed by atoms with Gasteiger partial charge in [0.1, 0.15) is 13.2 Å². The van der Waals surface area contributed by atoms with Crippen molar-refractivity contribution in [1.29, 1.82) is 0 Å². The molecular formula is C19H27ClIN3O4. The van der Waals surface area contributed by atoms with E-state index in [2.05, 4.69) is 15.2 Å². The van der Waals surface area contributed by atoms with Crippen molar-refractivity contribution in [2.24, 2.45) is 10.9 Å². The molecule has 0 amide bonds. The molecule has 2 aliphatic rings. The second-order valence-electron chi connectivity index (χ2n) is 6.54. The maximum atomic E-state index is 12.1. The maximum Gasteiger partial charge on any atom is 0.310 e. The van der Waals surface area contributed by atoms with Crippen LogP contribution in [0.3, 0.4) is 0 Å². The van der Waals surface area contributed by atoms with Crippen LogP contribution in [0.1, 0.15) is 25.3 Å². The molecule has 9 heteroatoms. The van der Waals surface area contributed by atoms with Crippen LogP contribution in [0.25, 0.3) is 0 Å². The van der Waals surface area contributed by atoms with E-state index >= 15 is 0 Å². The number of nitrogens with one attached hydrogen (secondary N) is 1. The lowest BCUT2D eigenvalue weighted by Gasteiger charge is -2.34. The Kier molecular flexibility index (Phi) is 8.94. The summed E-state index contributed by atoms with van der Waals surface area (Å²) in [5.74, 6) is 1.79. The number of piperidine rings is 1. The van der Waals surface area contributed by atoms with E-state index in [-0.39, 0.29) is 35.9 Å². The molecule has 1 N–H and O–H groups in total. The molecule has 1 saturated heterocycles. The predicted molar refractivity (Wildman–Crippen MR) is 119 cm³/mol. The summed E-state index contributed by atoms with van der Waals surface area (Å²) in [6.45, 7) is 5.28. The fourth-order valence-corrected chi connectivity index (χ4v) is 3.69. The number of hydrogen-bond donors (Lipinski definition) is 1. The van der Waals surface area contributed by atoms with E-state index in [0.717, 1.165) is 30.9 Å². The fraction of sp³-hybridized carbons (Fsp3) is 0.579. The van der Waals surface area contributed by atoms with Crippen LogP contribution in [0.4, 0.5) is 0 Å². The zero-order valence-electron chi connectivity index (χ0n) is 16.2. The summed E-state index contributed by atoms with van der Waals surface area (Å²) in [6, 6.07) is 3.80. The Morgan fingerprint density at radius 3 is 2.93 bits per heavy atom. The Hall–Kier alpha value is -1.42. The molecule has 28 heavy (non-hydrogen) atoms. The van der Waals surface area contributed by atoms with Gasteiger partial charge in [0.15, 0.2) is 17.5 Å². The Labute approximate surface area is 187 Å². The summed E-state index contributed by atoms with van der Waals surface area (Å²) in [6.07, 6.45) is 1.78. The van der Waals surface area contributed by atoms with Crippen molar-refractivity contribution in [2.75, 3.05) is 40.0 Å². The number of nitrogens with zero attached hydrogens (tertiary/aromatic N) is 2. The molecule has 1 aromatic rings. The first kappa shape index (κ1) is 22.9. The highest BCUT2D eigenvalue weighted by atomic mass is 127. The van der Waals surface area contributed by atoms with E-state index in [0.29, 0.717) is 49.4 Å². The van der Waals surface area contributed by atoms with Crippen LogP contribution >= 0.6 is 35.6 Å². The molecule has 0 spiro atoms. The van der Waals surface area contributed by atoms with Gasteiger partial charge in [-0.25, -0.2) is 0 Å². The second-order valence-corrected chi connectivity index (χ2v) is 6.95. The number of halogens is 2. The number of hydrogen-bond acceptors (Lipinski definition) is 5. The van der Waals surface area contributed by atoms with E-state index in [1.54, 1.807) is 7.05 Å². The van der Waals surface area contributed by atoms with Gasteiger partial charge >= 0.3 is 5.97 Å². The van der Waals surface area contributed by atoms with E-state index in [1.807, 2.05) is 19.1 Å². The Morgan fingerprint density at radius 1 is 1.39 bits per heavy atom. The SMILES string of the molecule is CCOC(=O)C1CCCN(C(=NC)NCc2cc(Cl)c3c(c2)OCCO3)C1.I. The van der Waals surface area contributed by atoms with E-state index in [4.69, 9.17) is 25.8 Å². The molecule has 0 bridgehead atoms. The van der Waals surface area contributed by atoms with E-state index in [9.17, 15) is 4.79 Å². The van der Waals surface area contributed by atoms with Crippen LogP contribution in [-0.4, -0.2) is 56.8 Å². The van der Waals surface area contributed by atoms with Gasteiger partial charge in [-0.1, -0.05) is 11.6 Å². The molecule has 0 radical (unpaired) electrons. The average molecular weight is 524 g/mol. The Balaban J connectivity index is 0.00000280. The molecule has 1 atom stereocenters. The minimum Gasteiger partial charge on any atom is -0.486 e. The summed E-state index contributed by atoms with van der Waals surface area (Å²) in [5.41, 5.74) is 0.976. The molecule has 0 aromatic heterocycles. The Bertz CT molecular complexity index is 717. The van der Waals surface area contributed by atoms with Gasteiger partial charge in [0.05, 0.1) is 17.5 Å². The number of likely N-dealkylation sites (tertiary alicyclic amines) is 1. The van der Waals surface area contributed by atoms with Crippen LogP contribution in [0.2, 0.25) is 5.02 Å². The smallest absolute Gasteiger partial charge is 0.310 e. The van der Waals surface area contributed by atoms with Gasteiger partial charge in [0.25, 0.3) is 0 Å². The molecule has 1 aromatic carbocycles. The summed E-state index contributed by atoms with van der Waals surface area (Å²) in [4.78, 5) is 18.5. The van der Waals surface area contributed by atoms with Crippen LogP contribution in [0, 0.1) is 5.92 Å². The molecule has 7 nitrogen and oxygen atoms in total. The highest BCUT2D eigenvalue weighted by Gasteiger charge is 2.28. The third kappa shape index (κ3) is 5.56. The topological polar surface area (TPSA) is 72.4 Å². The normalized spacial score (nSPS) is 18.9. The highest BCUT2D eigenvalue weighted by Crippen LogP contribution is 2.38. The van der Waals surface area contributed by atoms with Crippen LogP contribution in [0.5, 0.6) is 11.5 Å². The number of benzene rings is 1. The molecule has 2 aliphatic heterocycles. The lowest BCUT2D eigenvalue weighted by atomic mass is 9.98. The number of carbonyl (C=O) groups is 1.